The first-order valence-corrected chi connectivity index (χ1v) is 7.88. The van der Waals surface area contributed by atoms with Gasteiger partial charge in [-0.3, -0.25) is 9.59 Å². The molecule has 1 aromatic heterocycles. The molecular formula is C16H24N4O2. The van der Waals surface area contributed by atoms with Gasteiger partial charge in [0.05, 0.1) is 5.92 Å². The fourth-order valence-corrected chi connectivity index (χ4v) is 2.55. The molecule has 0 unspecified atom stereocenters. The summed E-state index contributed by atoms with van der Waals surface area (Å²) in [6.07, 6.45) is 2.85. The largest absolute Gasteiger partial charge is 0.357 e. The number of carbonyl (C=O) groups excluding carboxylic acids is 2. The molecule has 1 saturated heterocycles. The van der Waals surface area contributed by atoms with Crippen molar-refractivity contribution in [2.45, 2.75) is 33.2 Å². The molecule has 6 heteroatoms. The van der Waals surface area contributed by atoms with Crippen LogP contribution < -0.4 is 15.5 Å². The van der Waals surface area contributed by atoms with Gasteiger partial charge in [-0.05, 0) is 31.9 Å². The van der Waals surface area contributed by atoms with Gasteiger partial charge in [-0.25, -0.2) is 4.98 Å². The van der Waals surface area contributed by atoms with Crippen molar-refractivity contribution in [1.29, 1.82) is 0 Å². The van der Waals surface area contributed by atoms with Gasteiger partial charge in [-0.1, -0.05) is 6.07 Å². The Morgan fingerprint density at radius 2 is 2.18 bits per heavy atom. The number of hydrogen-bond donors (Lipinski definition) is 2. The Bertz CT molecular complexity index is 501. The van der Waals surface area contributed by atoms with Crippen LogP contribution >= 0.6 is 0 Å². The van der Waals surface area contributed by atoms with Gasteiger partial charge in [0.1, 0.15) is 5.82 Å². The van der Waals surface area contributed by atoms with Crippen LogP contribution in [0.25, 0.3) is 0 Å². The first-order valence-electron chi connectivity index (χ1n) is 7.88. The van der Waals surface area contributed by atoms with Gasteiger partial charge >= 0.3 is 0 Å². The summed E-state index contributed by atoms with van der Waals surface area (Å²) < 4.78 is 0. The van der Waals surface area contributed by atoms with Gasteiger partial charge in [0.15, 0.2) is 0 Å². The number of anilines is 1. The quantitative estimate of drug-likeness (QED) is 0.824. The molecule has 22 heavy (non-hydrogen) atoms. The lowest BCUT2D eigenvalue weighted by atomic mass is 9.98. The summed E-state index contributed by atoms with van der Waals surface area (Å²) in [4.78, 5) is 29.8. The molecule has 2 amide bonds. The van der Waals surface area contributed by atoms with Crippen LogP contribution in [0.1, 0.15) is 32.3 Å². The summed E-state index contributed by atoms with van der Waals surface area (Å²) in [5.41, 5.74) is 0.976. The number of carbonyl (C=O) groups is 2. The molecule has 2 heterocycles. The van der Waals surface area contributed by atoms with Gasteiger partial charge in [0, 0.05) is 38.8 Å². The first kappa shape index (κ1) is 16.3. The zero-order valence-electron chi connectivity index (χ0n) is 13.3. The van der Waals surface area contributed by atoms with E-state index in [1.807, 2.05) is 12.1 Å². The molecule has 1 aliphatic rings. The van der Waals surface area contributed by atoms with E-state index < -0.39 is 0 Å². The number of rotatable bonds is 6. The minimum absolute atomic E-state index is 0.00665. The maximum atomic E-state index is 12.1. The standard InChI is InChI=1S/C16H24N4O2/c1-3-20(4-2)14-7-5-12(9-17-14)10-19-16(22)13-6-8-15(21)18-11-13/h5,7,9,13H,3-4,6,8,10-11H2,1-2H3,(H,18,21)(H,19,22)/t13-/m0/s1. The van der Waals surface area contributed by atoms with Crippen LogP contribution in [-0.4, -0.2) is 36.4 Å². The molecule has 6 nitrogen and oxygen atoms in total. The van der Waals surface area contributed by atoms with Gasteiger partial charge in [0.25, 0.3) is 0 Å². The number of amides is 2. The zero-order valence-corrected chi connectivity index (χ0v) is 13.3. The molecule has 1 aromatic rings. The van der Waals surface area contributed by atoms with Crippen LogP contribution in [0.5, 0.6) is 0 Å². The van der Waals surface area contributed by atoms with E-state index in [2.05, 4.69) is 34.4 Å². The summed E-state index contributed by atoms with van der Waals surface area (Å²) >= 11 is 0. The Labute approximate surface area is 131 Å². The van der Waals surface area contributed by atoms with Gasteiger partial charge < -0.3 is 15.5 Å². The maximum Gasteiger partial charge on any atom is 0.225 e. The van der Waals surface area contributed by atoms with Crippen molar-refractivity contribution in [3.8, 4) is 0 Å². The smallest absolute Gasteiger partial charge is 0.225 e. The van der Waals surface area contributed by atoms with E-state index in [0.29, 0.717) is 25.9 Å². The van der Waals surface area contributed by atoms with Crippen LogP contribution in [0.15, 0.2) is 18.3 Å². The highest BCUT2D eigenvalue weighted by Crippen LogP contribution is 2.13. The Kier molecular flexibility index (Phi) is 5.75. The van der Waals surface area contributed by atoms with Gasteiger partial charge in [0.2, 0.25) is 11.8 Å². The molecule has 1 aliphatic heterocycles. The fourth-order valence-electron chi connectivity index (χ4n) is 2.55. The number of nitrogens with zero attached hydrogens (tertiary/aromatic N) is 2. The topological polar surface area (TPSA) is 74.3 Å². The number of nitrogens with one attached hydrogen (secondary N) is 2. The Morgan fingerprint density at radius 1 is 1.41 bits per heavy atom. The van der Waals surface area contributed by atoms with E-state index in [9.17, 15) is 9.59 Å². The van der Waals surface area contributed by atoms with Crippen LogP contribution in [0.3, 0.4) is 0 Å². The highest BCUT2D eigenvalue weighted by molar-refractivity contribution is 5.83. The van der Waals surface area contributed by atoms with E-state index in [0.717, 1.165) is 24.5 Å². The first-order chi connectivity index (χ1) is 10.6. The predicted molar refractivity (Wildman–Crippen MR) is 85.4 cm³/mol. The average Bonchev–Trinajstić information content (AvgIpc) is 2.55. The normalized spacial score (nSPS) is 17.7. The van der Waals surface area contributed by atoms with Gasteiger partial charge in [-0.2, -0.15) is 0 Å². The third kappa shape index (κ3) is 4.19. The molecule has 0 aliphatic carbocycles. The second kappa shape index (κ2) is 7.77. The lowest BCUT2D eigenvalue weighted by Gasteiger charge is -2.22. The minimum atomic E-state index is -0.124. The molecule has 0 radical (unpaired) electrons. The minimum Gasteiger partial charge on any atom is -0.357 e. The van der Waals surface area contributed by atoms with Crippen molar-refractivity contribution < 1.29 is 9.59 Å². The van der Waals surface area contributed by atoms with Crippen LogP contribution in [-0.2, 0) is 16.1 Å². The molecule has 0 saturated carbocycles. The third-order valence-corrected chi connectivity index (χ3v) is 4.00. The monoisotopic (exact) mass is 304 g/mol. The number of pyridine rings is 1. The van der Waals surface area contributed by atoms with E-state index in [4.69, 9.17) is 0 Å². The lowest BCUT2D eigenvalue weighted by Crippen LogP contribution is -2.42. The molecule has 0 aromatic carbocycles. The van der Waals surface area contributed by atoms with E-state index in [-0.39, 0.29) is 17.7 Å². The SMILES string of the molecule is CCN(CC)c1ccc(CNC(=O)[C@H]2CCC(=O)NC2)cn1. The summed E-state index contributed by atoms with van der Waals surface area (Å²) in [7, 11) is 0. The molecule has 1 fully saturated rings. The second-order valence-electron chi connectivity index (χ2n) is 5.45. The van der Waals surface area contributed by atoms with Crippen molar-refractivity contribution in [1.82, 2.24) is 15.6 Å². The molecule has 0 bridgehead atoms. The Balaban J connectivity index is 1.83. The van der Waals surface area contributed by atoms with E-state index >= 15 is 0 Å². The number of aromatic nitrogens is 1. The van der Waals surface area contributed by atoms with E-state index in [1.165, 1.54) is 0 Å². The fraction of sp³-hybridized carbons (Fsp3) is 0.562. The summed E-state index contributed by atoms with van der Waals surface area (Å²) in [5, 5.41) is 5.64. The van der Waals surface area contributed by atoms with Crippen LogP contribution in [0.2, 0.25) is 0 Å². The summed E-state index contributed by atoms with van der Waals surface area (Å²) in [5.74, 6) is 0.851. The third-order valence-electron chi connectivity index (χ3n) is 4.00. The summed E-state index contributed by atoms with van der Waals surface area (Å²) in [6.45, 7) is 6.95. The van der Waals surface area contributed by atoms with E-state index in [1.54, 1.807) is 6.20 Å². The molecular weight excluding hydrogens is 280 g/mol. The molecule has 2 N–H and O–H groups in total. The van der Waals surface area contributed by atoms with Crippen LogP contribution in [0, 0.1) is 5.92 Å². The molecule has 120 valence electrons. The second-order valence-corrected chi connectivity index (χ2v) is 5.45. The Hall–Kier alpha value is -2.11. The highest BCUT2D eigenvalue weighted by Gasteiger charge is 2.23. The lowest BCUT2D eigenvalue weighted by molar-refractivity contribution is -0.129. The molecule has 2 rings (SSSR count). The Morgan fingerprint density at radius 3 is 2.73 bits per heavy atom. The summed E-state index contributed by atoms with van der Waals surface area (Å²) in [6, 6.07) is 3.97. The average molecular weight is 304 g/mol. The molecule has 1 atom stereocenters. The maximum absolute atomic E-state index is 12.1. The molecule has 0 spiro atoms. The van der Waals surface area contributed by atoms with Gasteiger partial charge in [-0.15, -0.1) is 0 Å². The number of hydrogen-bond acceptors (Lipinski definition) is 4. The van der Waals surface area contributed by atoms with Crippen molar-refractivity contribution in [2.24, 2.45) is 5.92 Å². The van der Waals surface area contributed by atoms with Crippen molar-refractivity contribution in [3.05, 3.63) is 23.9 Å². The highest BCUT2D eigenvalue weighted by atomic mass is 16.2. The zero-order chi connectivity index (χ0) is 15.9. The van der Waals surface area contributed by atoms with Crippen molar-refractivity contribution >= 4 is 17.6 Å². The van der Waals surface area contributed by atoms with Crippen LogP contribution in [0.4, 0.5) is 5.82 Å². The number of piperidine rings is 1. The predicted octanol–water partition coefficient (Wildman–Crippen LogP) is 1.07. The van der Waals surface area contributed by atoms with Crippen molar-refractivity contribution in [3.63, 3.8) is 0 Å². The van der Waals surface area contributed by atoms with Crippen molar-refractivity contribution in [2.75, 3.05) is 24.5 Å².